The molecule has 2 aromatic carbocycles. The van der Waals surface area contributed by atoms with Gasteiger partial charge in [-0.05, 0) is 53.4 Å². The molecule has 1 aliphatic rings. The highest BCUT2D eigenvalue weighted by atomic mass is 16.5. The minimum atomic E-state index is -1.52. The van der Waals surface area contributed by atoms with Crippen LogP contribution < -0.4 is 20.5 Å². The lowest BCUT2D eigenvalue weighted by atomic mass is 10.1. The van der Waals surface area contributed by atoms with Gasteiger partial charge in [-0.3, -0.25) is 19.5 Å². The van der Waals surface area contributed by atoms with E-state index < -0.39 is 23.7 Å². The average molecular weight is 605 g/mol. The normalized spacial score (nSPS) is 15.8. The molecule has 4 aromatic heterocycles. The maximum atomic E-state index is 13.5. The van der Waals surface area contributed by atoms with Crippen molar-refractivity contribution in [2.45, 2.75) is 18.8 Å². The van der Waals surface area contributed by atoms with Gasteiger partial charge in [0.05, 0.1) is 36.9 Å². The SMILES string of the molecule is COc1ccc(CNc2nccc3cc4nc([C@H](O)C5OCCN(c6ccn(-c7ccncc7)n6)C5=O)[nH]c(=O)c4cc23)cc1. The van der Waals surface area contributed by atoms with Crippen LogP contribution in [0, 0.1) is 0 Å². The second-order valence-corrected chi connectivity index (χ2v) is 10.5. The molecule has 0 saturated carbocycles. The third kappa shape index (κ3) is 5.46. The Morgan fingerprint density at radius 3 is 2.69 bits per heavy atom. The number of nitrogens with zero attached hydrogens (tertiary/aromatic N) is 6. The number of carbonyl (C=O) groups excluding carboxylic acids is 1. The van der Waals surface area contributed by atoms with Gasteiger partial charge < -0.3 is 24.9 Å². The number of rotatable bonds is 8. The van der Waals surface area contributed by atoms with Gasteiger partial charge in [0.25, 0.3) is 11.5 Å². The number of hydrogen-bond acceptors (Lipinski definition) is 10. The van der Waals surface area contributed by atoms with Crippen LogP contribution in [0.3, 0.4) is 0 Å². The van der Waals surface area contributed by atoms with Crippen molar-refractivity contribution in [2.24, 2.45) is 0 Å². The Morgan fingerprint density at radius 1 is 1.07 bits per heavy atom. The summed E-state index contributed by atoms with van der Waals surface area (Å²) >= 11 is 0. The molecule has 1 aliphatic heterocycles. The molecule has 2 atom stereocenters. The first kappa shape index (κ1) is 28.1. The van der Waals surface area contributed by atoms with E-state index in [2.05, 4.69) is 30.4 Å². The Kier molecular flexibility index (Phi) is 7.37. The van der Waals surface area contributed by atoms with Crippen molar-refractivity contribution in [1.29, 1.82) is 0 Å². The number of H-pyrrole nitrogens is 1. The van der Waals surface area contributed by atoms with E-state index >= 15 is 0 Å². The second kappa shape index (κ2) is 11.8. The van der Waals surface area contributed by atoms with Crippen LogP contribution in [0.5, 0.6) is 5.75 Å². The highest BCUT2D eigenvalue weighted by Gasteiger charge is 2.38. The summed E-state index contributed by atoms with van der Waals surface area (Å²) in [4.78, 5) is 43.9. The third-order valence-corrected chi connectivity index (χ3v) is 7.69. The van der Waals surface area contributed by atoms with Crippen LogP contribution in [-0.4, -0.2) is 67.1 Å². The van der Waals surface area contributed by atoms with E-state index in [1.165, 1.54) is 4.90 Å². The van der Waals surface area contributed by atoms with Crippen molar-refractivity contribution < 1.29 is 19.4 Å². The Morgan fingerprint density at radius 2 is 1.89 bits per heavy atom. The Bertz CT molecular complexity index is 2060. The largest absolute Gasteiger partial charge is 0.497 e. The number of pyridine rings is 2. The summed E-state index contributed by atoms with van der Waals surface area (Å²) in [7, 11) is 1.62. The first-order chi connectivity index (χ1) is 22.0. The molecule has 226 valence electrons. The minimum absolute atomic E-state index is 0.0683. The van der Waals surface area contributed by atoms with Crippen LogP contribution in [0.4, 0.5) is 11.6 Å². The molecule has 0 spiro atoms. The predicted octanol–water partition coefficient (Wildman–Crippen LogP) is 3.14. The van der Waals surface area contributed by atoms with Crippen molar-refractivity contribution >= 4 is 39.2 Å². The Labute approximate surface area is 256 Å². The van der Waals surface area contributed by atoms with Crippen LogP contribution in [0.1, 0.15) is 17.5 Å². The highest BCUT2D eigenvalue weighted by molar-refractivity contribution is 6.01. The van der Waals surface area contributed by atoms with E-state index in [0.29, 0.717) is 29.1 Å². The maximum absolute atomic E-state index is 13.5. The summed E-state index contributed by atoms with van der Waals surface area (Å²) < 4.78 is 12.6. The van der Waals surface area contributed by atoms with Gasteiger partial charge in [0.2, 0.25) is 0 Å². The van der Waals surface area contributed by atoms with E-state index in [0.717, 1.165) is 27.8 Å². The van der Waals surface area contributed by atoms with E-state index in [9.17, 15) is 14.7 Å². The zero-order valence-electron chi connectivity index (χ0n) is 24.1. The van der Waals surface area contributed by atoms with Crippen molar-refractivity contribution in [3.63, 3.8) is 0 Å². The lowest BCUT2D eigenvalue weighted by molar-refractivity contribution is -0.143. The molecule has 6 aromatic rings. The summed E-state index contributed by atoms with van der Waals surface area (Å²) in [5.41, 5.74) is 1.73. The molecule has 13 heteroatoms. The van der Waals surface area contributed by atoms with Gasteiger partial charge >= 0.3 is 0 Å². The van der Waals surface area contributed by atoms with Gasteiger partial charge in [0.15, 0.2) is 11.9 Å². The standard InChI is InChI=1S/C32H28N8O5/c1-44-22-4-2-19(3-5-22)18-35-29-23-17-24-25(16-20(23)6-12-34-29)36-30(37-31(24)42)27(41)28-32(43)39(14-15-45-28)26-9-13-40(38-26)21-7-10-33-11-8-21/h2-13,16-17,27-28,41H,14-15,18H2,1H3,(H,34,35)(H,36,37,42)/t27-,28?/m1/s1. The van der Waals surface area contributed by atoms with Gasteiger partial charge in [-0.15, -0.1) is 5.10 Å². The van der Waals surface area contributed by atoms with Gasteiger partial charge in [-0.2, -0.15) is 0 Å². The fourth-order valence-electron chi connectivity index (χ4n) is 5.34. The second-order valence-electron chi connectivity index (χ2n) is 10.5. The molecule has 0 aliphatic carbocycles. The average Bonchev–Trinajstić information content (AvgIpc) is 3.57. The molecule has 7 rings (SSSR count). The van der Waals surface area contributed by atoms with Crippen molar-refractivity contribution in [2.75, 3.05) is 30.5 Å². The number of aliphatic hydroxyl groups is 1. The summed E-state index contributed by atoms with van der Waals surface area (Å²) in [6.07, 6.45) is 3.91. The molecule has 1 unspecified atom stereocenters. The monoisotopic (exact) mass is 604 g/mol. The van der Waals surface area contributed by atoms with Crippen molar-refractivity contribution in [3.05, 3.63) is 107 Å². The van der Waals surface area contributed by atoms with Gasteiger partial charge in [-0.1, -0.05) is 12.1 Å². The van der Waals surface area contributed by atoms with Crippen LogP contribution in [0.25, 0.3) is 27.4 Å². The molecule has 13 nitrogen and oxygen atoms in total. The summed E-state index contributed by atoms with van der Waals surface area (Å²) in [6, 6.07) is 18.3. The predicted molar refractivity (Wildman–Crippen MR) is 166 cm³/mol. The number of methoxy groups -OCH3 is 1. The Hall–Kier alpha value is -5.66. The number of aromatic amines is 1. The summed E-state index contributed by atoms with van der Waals surface area (Å²) in [5.74, 6) is 1.24. The number of aliphatic hydroxyl groups excluding tert-OH is 1. The molecule has 1 saturated heterocycles. The van der Waals surface area contributed by atoms with Crippen LogP contribution in [0.15, 0.2) is 90.2 Å². The number of nitrogens with one attached hydrogen (secondary N) is 2. The van der Waals surface area contributed by atoms with E-state index in [1.807, 2.05) is 30.3 Å². The quantitative estimate of drug-likeness (QED) is 0.220. The lowest BCUT2D eigenvalue weighted by Gasteiger charge is -2.32. The molecule has 1 fully saturated rings. The maximum Gasteiger partial charge on any atom is 0.260 e. The fraction of sp³-hybridized carbons (Fsp3) is 0.188. The number of fused-ring (bicyclic) bond motifs is 2. The van der Waals surface area contributed by atoms with Crippen LogP contribution in [-0.2, 0) is 16.1 Å². The molecule has 45 heavy (non-hydrogen) atoms. The van der Waals surface area contributed by atoms with E-state index in [4.69, 9.17) is 9.47 Å². The topological polar surface area (TPSA) is 160 Å². The van der Waals surface area contributed by atoms with Crippen molar-refractivity contribution in [1.82, 2.24) is 29.7 Å². The van der Waals surface area contributed by atoms with Crippen molar-refractivity contribution in [3.8, 4) is 11.4 Å². The number of carbonyl (C=O) groups is 1. The zero-order valence-corrected chi connectivity index (χ0v) is 24.1. The first-order valence-electron chi connectivity index (χ1n) is 14.2. The molecule has 0 bridgehead atoms. The summed E-state index contributed by atoms with van der Waals surface area (Å²) in [5, 5.41) is 21.0. The number of hydrogen-bond donors (Lipinski definition) is 3. The zero-order chi connectivity index (χ0) is 30.9. The molecule has 3 N–H and O–H groups in total. The summed E-state index contributed by atoms with van der Waals surface area (Å²) in [6.45, 7) is 0.938. The highest BCUT2D eigenvalue weighted by Crippen LogP contribution is 2.28. The number of amides is 1. The third-order valence-electron chi connectivity index (χ3n) is 7.69. The van der Waals surface area contributed by atoms with Gasteiger partial charge in [0.1, 0.15) is 23.5 Å². The molecular formula is C32H28N8O5. The Balaban J connectivity index is 1.14. The molecule has 1 amide bonds. The first-order valence-corrected chi connectivity index (χ1v) is 14.2. The van der Waals surface area contributed by atoms with Crippen LogP contribution >= 0.6 is 0 Å². The minimum Gasteiger partial charge on any atom is -0.497 e. The van der Waals surface area contributed by atoms with Crippen LogP contribution in [0.2, 0.25) is 0 Å². The molecular weight excluding hydrogens is 576 g/mol. The number of aromatic nitrogens is 6. The van der Waals surface area contributed by atoms with Gasteiger partial charge in [-0.25, -0.2) is 14.6 Å². The molecule has 0 radical (unpaired) electrons. The number of anilines is 2. The fourth-order valence-corrected chi connectivity index (χ4v) is 5.34. The number of benzene rings is 2. The smallest absolute Gasteiger partial charge is 0.260 e. The lowest BCUT2D eigenvalue weighted by Crippen LogP contribution is -2.50. The molecule has 5 heterocycles. The van der Waals surface area contributed by atoms with E-state index in [1.54, 1.807) is 66.9 Å². The number of ether oxygens (including phenoxy) is 2. The van der Waals surface area contributed by atoms with E-state index in [-0.39, 0.29) is 19.0 Å². The number of morpholine rings is 1. The van der Waals surface area contributed by atoms with Gasteiger partial charge in [0, 0.05) is 42.8 Å².